The van der Waals surface area contributed by atoms with E-state index in [-0.39, 0.29) is 5.75 Å². The summed E-state index contributed by atoms with van der Waals surface area (Å²) in [6.07, 6.45) is -4.60. The number of ether oxygens (including phenoxy) is 1. The van der Waals surface area contributed by atoms with Crippen molar-refractivity contribution in [3.8, 4) is 5.75 Å². The van der Waals surface area contributed by atoms with Crippen LogP contribution in [0.3, 0.4) is 0 Å². The number of alkyl halides is 3. The molecule has 5 heteroatoms. The molecule has 0 N–H and O–H groups in total. The first-order valence-corrected chi connectivity index (χ1v) is 5.83. The van der Waals surface area contributed by atoms with E-state index in [1.165, 1.54) is 18.2 Å². The Bertz CT molecular complexity index is 633. The van der Waals surface area contributed by atoms with Crippen LogP contribution in [0, 0.1) is 6.92 Å². The van der Waals surface area contributed by atoms with Gasteiger partial charge in [0.1, 0.15) is 5.75 Å². The van der Waals surface area contributed by atoms with Gasteiger partial charge >= 0.3 is 12.1 Å². The van der Waals surface area contributed by atoms with Gasteiger partial charge in [0.2, 0.25) is 0 Å². The highest BCUT2D eigenvalue weighted by molar-refractivity contribution is 5.92. The molecule has 0 fully saturated rings. The molecule has 0 bridgehead atoms. The molecule has 0 aliphatic carbocycles. The van der Waals surface area contributed by atoms with Gasteiger partial charge in [0.15, 0.2) is 0 Å². The lowest BCUT2D eigenvalue weighted by Gasteiger charge is -2.12. The van der Waals surface area contributed by atoms with Crippen molar-refractivity contribution in [2.24, 2.45) is 0 Å². The number of rotatable bonds is 2. The van der Waals surface area contributed by atoms with Gasteiger partial charge in [-0.3, -0.25) is 0 Å². The molecule has 0 unspecified atom stereocenters. The fourth-order valence-electron chi connectivity index (χ4n) is 1.75. The van der Waals surface area contributed by atoms with Gasteiger partial charge < -0.3 is 4.74 Å². The van der Waals surface area contributed by atoms with E-state index < -0.39 is 23.3 Å². The first-order chi connectivity index (χ1) is 9.38. The normalized spacial score (nSPS) is 11.2. The molecular weight excluding hydrogens is 269 g/mol. The molecule has 2 aromatic rings. The summed E-state index contributed by atoms with van der Waals surface area (Å²) >= 11 is 0. The molecule has 2 aromatic carbocycles. The number of hydrogen-bond donors (Lipinski definition) is 0. The summed E-state index contributed by atoms with van der Waals surface area (Å²) in [5.74, 6) is -0.810. The van der Waals surface area contributed by atoms with E-state index in [1.807, 2.05) is 0 Å². The van der Waals surface area contributed by atoms with Gasteiger partial charge in [0.05, 0.1) is 11.1 Å². The predicted molar refractivity (Wildman–Crippen MR) is 67.6 cm³/mol. The number of carbonyl (C=O) groups is 1. The quantitative estimate of drug-likeness (QED) is 0.607. The second-order valence-electron chi connectivity index (χ2n) is 4.25. The van der Waals surface area contributed by atoms with Crippen molar-refractivity contribution in [3.63, 3.8) is 0 Å². The van der Waals surface area contributed by atoms with Crippen LogP contribution in [-0.2, 0) is 6.18 Å². The van der Waals surface area contributed by atoms with Crippen molar-refractivity contribution >= 4 is 5.97 Å². The molecule has 0 amide bonds. The van der Waals surface area contributed by atoms with Gasteiger partial charge in [0, 0.05) is 0 Å². The van der Waals surface area contributed by atoms with Crippen molar-refractivity contribution in [3.05, 3.63) is 65.2 Å². The van der Waals surface area contributed by atoms with E-state index in [0.717, 1.165) is 17.7 Å². The van der Waals surface area contributed by atoms with Crippen LogP contribution in [0.4, 0.5) is 13.2 Å². The maximum atomic E-state index is 12.8. The third-order valence-electron chi connectivity index (χ3n) is 2.65. The van der Waals surface area contributed by atoms with Gasteiger partial charge in [-0.1, -0.05) is 24.3 Å². The number of carbonyl (C=O) groups excluding carboxylic acids is 1. The number of halogens is 3. The minimum Gasteiger partial charge on any atom is -0.423 e. The third kappa shape index (κ3) is 3.17. The molecule has 0 atom stereocenters. The first kappa shape index (κ1) is 14.1. The molecule has 0 saturated heterocycles. The minimum atomic E-state index is -4.60. The van der Waals surface area contributed by atoms with Crippen molar-refractivity contribution in [1.82, 2.24) is 0 Å². The Morgan fingerprint density at radius 1 is 1.05 bits per heavy atom. The van der Waals surface area contributed by atoms with E-state index in [2.05, 4.69) is 0 Å². The van der Waals surface area contributed by atoms with Gasteiger partial charge in [-0.15, -0.1) is 0 Å². The van der Waals surface area contributed by atoms with Gasteiger partial charge in [-0.25, -0.2) is 4.79 Å². The maximum absolute atomic E-state index is 12.8. The van der Waals surface area contributed by atoms with Crippen LogP contribution in [0.25, 0.3) is 0 Å². The Morgan fingerprint density at radius 3 is 2.40 bits per heavy atom. The summed E-state index contributed by atoms with van der Waals surface area (Å²) in [4.78, 5) is 11.9. The Hall–Kier alpha value is -2.30. The summed E-state index contributed by atoms with van der Waals surface area (Å²) < 4.78 is 43.4. The second kappa shape index (κ2) is 5.36. The SMILES string of the molecule is Cc1cccc(OC(=O)c2ccccc2C(F)(F)F)c1. The Labute approximate surface area is 113 Å². The summed E-state index contributed by atoms with van der Waals surface area (Å²) in [6.45, 7) is 1.79. The van der Waals surface area contributed by atoms with Gasteiger partial charge in [-0.05, 0) is 36.8 Å². The Kier molecular flexibility index (Phi) is 3.79. The van der Waals surface area contributed by atoms with Crippen LogP contribution in [0.15, 0.2) is 48.5 Å². The highest BCUT2D eigenvalue weighted by atomic mass is 19.4. The Morgan fingerprint density at radius 2 is 1.75 bits per heavy atom. The van der Waals surface area contributed by atoms with Crippen molar-refractivity contribution in [1.29, 1.82) is 0 Å². The molecule has 0 spiro atoms. The zero-order chi connectivity index (χ0) is 14.8. The standard InChI is InChI=1S/C15H11F3O2/c1-10-5-4-6-11(9-10)20-14(19)12-7-2-3-8-13(12)15(16,17)18/h2-9H,1H3. The molecule has 0 saturated carbocycles. The monoisotopic (exact) mass is 280 g/mol. The lowest BCUT2D eigenvalue weighted by molar-refractivity contribution is -0.138. The van der Waals surface area contributed by atoms with E-state index >= 15 is 0 Å². The number of esters is 1. The van der Waals surface area contributed by atoms with E-state index in [1.54, 1.807) is 25.1 Å². The van der Waals surface area contributed by atoms with Crippen LogP contribution in [0.2, 0.25) is 0 Å². The second-order valence-corrected chi connectivity index (χ2v) is 4.25. The minimum absolute atomic E-state index is 0.215. The molecular formula is C15H11F3O2. The number of aryl methyl sites for hydroxylation is 1. The highest BCUT2D eigenvalue weighted by Crippen LogP contribution is 2.32. The molecule has 0 aliphatic rings. The molecule has 0 aromatic heterocycles. The Balaban J connectivity index is 2.31. The number of benzene rings is 2. The molecule has 2 rings (SSSR count). The van der Waals surface area contributed by atoms with Crippen LogP contribution in [0.5, 0.6) is 5.75 Å². The average Bonchev–Trinajstić information content (AvgIpc) is 2.37. The molecule has 0 aliphatic heterocycles. The fourth-order valence-corrected chi connectivity index (χ4v) is 1.75. The van der Waals surface area contributed by atoms with Gasteiger partial charge in [0.25, 0.3) is 0 Å². The molecule has 104 valence electrons. The van der Waals surface area contributed by atoms with E-state index in [4.69, 9.17) is 4.74 Å². The first-order valence-electron chi connectivity index (χ1n) is 5.83. The topological polar surface area (TPSA) is 26.3 Å². The van der Waals surface area contributed by atoms with Crippen LogP contribution >= 0.6 is 0 Å². The summed E-state index contributed by atoms with van der Waals surface area (Å²) in [7, 11) is 0. The van der Waals surface area contributed by atoms with Gasteiger partial charge in [-0.2, -0.15) is 13.2 Å². The smallest absolute Gasteiger partial charge is 0.417 e. The molecule has 0 radical (unpaired) electrons. The molecule has 2 nitrogen and oxygen atoms in total. The zero-order valence-electron chi connectivity index (χ0n) is 10.6. The fraction of sp³-hybridized carbons (Fsp3) is 0.133. The average molecular weight is 280 g/mol. The third-order valence-corrected chi connectivity index (χ3v) is 2.65. The largest absolute Gasteiger partial charge is 0.423 e. The van der Waals surface area contributed by atoms with E-state index in [0.29, 0.717) is 0 Å². The molecule has 20 heavy (non-hydrogen) atoms. The van der Waals surface area contributed by atoms with Crippen LogP contribution in [-0.4, -0.2) is 5.97 Å². The predicted octanol–water partition coefficient (Wildman–Crippen LogP) is 4.23. The lowest BCUT2D eigenvalue weighted by Crippen LogP contribution is -2.16. The van der Waals surface area contributed by atoms with Crippen LogP contribution < -0.4 is 4.74 Å². The van der Waals surface area contributed by atoms with Crippen molar-refractivity contribution < 1.29 is 22.7 Å². The summed E-state index contributed by atoms with van der Waals surface area (Å²) in [5, 5.41) is 0. The van der Waals surface area contributed by atoms with Crippen molar-refractivity contribution in [2.45, 2.75) is 13.1 Å². The highest BCUT2D eigenvalue weighted by Gasteiger charge is 2.35. The summed E-state index contributed by atoms with van der Waals surface area (Å²) in [5.41, 5.74) is -0.654. The zero-order valence-corrected chi connectivity index (χ0v) is 10.6. The number of hydrogen-bond acceptors (Lipinski definition) is 2. The molecule has 0 heterocycles. The van der Waals surface area contributed by atoms with Crippen molar-refractivity contribution in [2.75, 3.05) is 0 Å². The van der Waals surface area contributed by atoms with E-state index in [9.17, 15) is 18.0 Å². The van der Waals surface area contributed by atoms with Crippen LogP contribution in [0.1, 0.15) is 21.5 Å². The maximum Gasteiger partial charge on any atom is 0.417 e. The lowest BCUT2D eigenvalue weighted by atomic mass is 10.1. The summed E-state index contributed by atoms with van der Waals surface area (Å²) in [6, 6.07) is 11.1.